The van der Waals surface area contributed by atoms with Crippen LogP contribution in [0.1, 0.15) is 33.3 Å². The van der Waals surface area contributed by atoms with Crippen LogP contribution in [0.5, 0.6) is 0 Å². The maximum atomic E-state index is 14.0. The number of carbonyl (C=O) groups excluding carboxylic acids is 3. The normalized spacial score (nSPS) is 21.6. The van der Waals surface area contributed by atoms with Crippen LogP contribution in [0, 0.1) is 17.0 Å². The molecule has 1 N–H and O–H groups in total. The van der Waals surface area contributed by atoms with Gasteiger partial charge >= 0.3 is 6.03 Å². The van der Waals surface area contributed by atoms with Crippen molar-refractivity contribution in [2.45, 2.75) is 33.2 Å². The molecule has 0 spiro atoms. The number of carbonyl (C=O) groups is 3. The van der Waals surface area contributed by atoms with Gasteiger partial charge in [-0.15, -0.1) is 0 Å². The summed E-state index contributed by atoms with van der Waals surface area (Å²) < 4.78 is 27.0. The first-order valence-corrected chi connectivity index (χ1v) is 7.10. The van der Waals surface area contributed by atoms with Gasteiger partial charge in [0.05, 0.1) is 6.54 Å². The summed E-state index contributed by atoms with van der Waals surface area (Å²) in [7, 11) is 0. The van der Waals surface area contributed by atoms with Gasteiger partial charge in [0, 0.05) is 17.0 Å². The average Bonchev–Trinajstić information content (AvgIpc) is 2.61. The molecule has 23 heavy (non-hydrogen) atoms. The molecular formula is C16H18F2N2O3. The van der Waals surface area contributed by atoms with Gasteiger partial charge in [0.2, 0.25) is 0 Å². The Morgan fingerprint density at radius 3 is 2.39 bits per heavy atom. The number of ketones is 1. The van der Waals surface area contributed by atoms with E-state index in [1.54, 1.807) is 20.8 Å². The van der Waals surface area contributed by atoms with Crippen molar-refractivity contribution in [3.8, 4) is 0 Å². The number of nitrogens with one attached hydrogen (secondary N) is 1. The summed E-state index contributed by atoms with van der Waals surface area (Å²) in [5.74, 6) is -2.77. The molecule has 1 fully saturated rings. The van der Waals surface area contributed by atoms with Crippen LogP contribution in [0.15, 0.2) is 18.2 Å². The minimum Gasteiger partial charge on any atom is -0.319 e. The molecule has 1 aliphatic rings. The van der Waals surface area contributed by atoms with Gasteiger partial charge < -0.3 is 5.32 Å². The second-order valence-electron chi connectivity index (χ2n) is 6.74. The Morgan fingerprint density at radius 1 is 1.26 bits per heavy atom. The van der Waals surface area contributed by atoms with Crippen LogP contribution in [0.3, 0.4) is 0 Å². The number of nitrogens with zero attached hydrogens (tertiary/aromatic N) is 1. The number of hydrogen-bond donors (Lipinski definition) is 1. The zero-order valence-electron chi connectivity index (χ0n) is 13.4. The van der Waals surface area contributed by atoms with E-state index in [-0.39, 0.29) is 11.3 Å². The zero-order chi connectivity index (χ0) is 17.6. The Balaban J connectivity index is 2.35. The molecule has 1 aliphatic heterocycles. The van der Waals surface area contributed by atoms with Crippen LogP contribution in [0.4, 0.5) is 13.6 Å². The number of hydrogen-bond acceptors (Lipinski definition) is 3. The summed E-state index contributed by atoms with van der Waals surface area (Å²) in [5, 5.41) is 2.39. The third-order valence-electron chi connectivity index (χ3n) is 3.88. The lowest BCUT2D eigenvalue weighted by atomic mass is 9.89. The van der Waals surface area contributed by atoms with Crippen LogP contribution in [0.2, 0.25) is 0 Å². The quantitative estimate of drug-likeness (QED) is 0.868. The molecule has 0 saturated carbocycles. The van der Waals surface area contributed by atoms with Crippen LogP contribution >= 0.6 is 0 Å². The maximum absolute atomic E-state index is 14.0. The van der Waals surface area contributed by atoms with Crippen molar-refractivity contribution < 1.29 is 23.2 Å². The molecule has 3 amide bonds. The number of benzene rings is 1. The fraction of sp³-hybridized carbons (Fsp3) is 0.438. The van der Waals surface area contributed by atoms with Crippen molar-refractivity contribution in [2.24, 2.45) is 5.41 Å². The highest BCUT2D eigenvalue weighted by Gasteiger charge is 2.51. The van der Waals surface area contributed by atoms with Gasteiger partial charge in [-0.25, -0.2) is 13.6 Å². The Labute approximate surface area is 132 Å². The van der Waals surface area contributed by atoms with E-state index >= 15 is 0 Å². The molecule has 1 aromatic rings. The van der Waals surface area contributed by atoms with Crippen molar-refractivity contribution in [1.82, 2.24) is 10.2 Å². The maximum Gasteiger partial charge on any atom is 0.325 e. The van der Waals surface area contributed by atoms with E-state index < -0.39 is 41.1 Å². The van der Waals surface area contributed by atoms with Gasteiger partial charge in [-0.05, 0) is 13.0 Å². The first-order valence-electron chi connectivity index (χ1n) is 7.10. The van der Waals surface area contributed by atoms with Crippen molar-refractivity contribution in [1.29, 1.82) is 0 Å². The minimum absolute atomic E-state index is 0.150. The molecule has 7 heteroatoms. The fourth-order valence-corrected chi connectivity index (χ4v) is 2.30. The third kappa shape index (κ3) is 2.95. The van der Waals surface area contributed by atoms with Crippen molar-refractivity contribution in [3.63, 3.8) is 0 Å². The molecule has 2 rings (SSSR count). The van der Waals surface area contributed by atoms with Crippen molar-refractivity contribution in [3.05, 3.63) is 35.4 Å². The number of halogens is 2. The molecule has 0 aliphatic carbocycles. The minimum atomic E-state index is -1.67. The number of Topliss-reactive ketones (excluding diaryl/α,β-unsaturated/α-hetero) is 1. The predicted octanol–water partition coefficient (Wildman–Crippen LogP) is 2.35. The van der Waals surface area contributed by atoms with Gasteiger partial charge in [0.15, 0.2) is 5.78 Å². The number of imide groups is 1. The molecule has 0 unspecified atom stereocenters. The van der Waals surface area contributed by atoms with E-state index in [0.717, 1.165) is 17.0 Å². The first kappa shape index (κ1) is 17.1. The lowest BCUT2D eigenvalue weighted by Crippen LogP contribution is -2.43. The topological polar surface area (TPSA) is 66.5 Å². The van der Waals surface area contributed by atoms with Crippen LogP contribution in [-0.4, -0.2) is 29.2 Å². The zero-order valence-corrected chi connectivity index (χ0v) is 13.4. The SMILES string of the molecule is CC(C)(C)C(=O)CN1C(=O)N[C@@](C)(c2ccc(F)cc2F)C1=O. The van der Waals surface area contributed by atoms with E-state index in [9.17, 15) is 23.2 Å². The van der Waals surface area contributed by atoms with E-state index in [2.05, 4.69) is 5.32 Å². The monoisotopic (exact) mass is 324 g/mol. The lowest BCUT2D eigenvalue weighted by Gasteiger charge is -2.24. The Morgan fingerprint density at radius 2 is 1.87 bits per heavy atom. The Bertz CT molecular complexity index is 697. The number of urea groups is 1. The molecule has 0 bridgehead atoms. The number of rotatable bonds is 3. The molecule has 1 aromatic carbocycles. The van der Waals surface area contributed by atoms with E-state index in [4.69, 9.17) is 0 Å². The molecule has 0 aromatic heterocycles. The molecule has 1 heterocycles. The lowest BCUT2D eigenvalue weighted by molar-refractivity contribution is -0.136. The van der Waals surface area contributed by atoms with Crippen molar-refractivity contribution >= 4 is 17.7 Å². The second kappa shape index (κ2) is 5.40. The smallest absolute Gasteiger partial charge is 0.319 e. The van der Waals surface area contributed by atoms with Gasteiger partial charge in [-0.3, -0.25) is 14.5 Å². The van der Waals surface area contributed by atoms with E-state index in [1.807, 2.05) is 0 Å². The Hall–Kier alpha value is -2.31. The van der Waals surface area contributed by atoms with Crippen LogP contribution in [0.25, 0.3) is 0 Å². The molecule has 1 atom stereocenters. The highest BCUT2D eigenvalue weighted by atomic mass is 19.1. The Kier molecular flexibility index (Phi) is 4.00. The van der Waals surface area contributed by atoms with Gasteiger partial charge in [0.25, 0.3) is 5.91 Å². The number of amides is 3. The van der Waals surface area contributed by atoms with Gasteiger partial charge in [-0.1, -0.05) is 26.8 Å². The molecular weight excluding hydrogens is 306 g/mol. The first-order chi connectivity index (χ1) is 10.5. The third-order valence-corrected chi connectivity index (χ3v) is 3.88. The van der Waals surface area contributed by atoms with E-state index in [0.29, 0.717) is 6.07 Å². The highest BCUT2D eigenvalue weighted by molar-refractivity contribution is 6.09. The summed E-state index contributed by atoms with van der Waals surface area (Å²) in [4.78, 5) is 37.5. The van der Waals surface area contributed by atoms with Crippen LogP contribution < -0.4 is 5.32 Å². The largest absolute Gasteiger partial charge is 0.325 e. The van der Waals surface area contributed by atoms with E-state index in [1.165, 1.54) is 6.92 Å². The summed E-state index contributed by atoms with van der Waals surface area (Å²) >= 11 is 0. The average molecular weight is 324 g/mol. The summed E-state index contributed by atoms with van der Waals surface area (Å²) in [5.41, 5.74) is -2.55. The summed E-state index contributed by atoms with van der Waals surface area (Å²) in [6.07, 6.45) is 0. The van der Waals surface area contributed by atoms with Crippen LogP contribution in [-0.2, 0) is 15.1 Å². The van der Waals surface area contributed by atoms with Gasteiger partial charge in [0.1, 0.15) is 17.2 Å². The second-order valence-corrected chi connectivity index (χ2v) is 6.74. The summed E-state index contributed by atoms with van der Waals surface area (Å²) in [6.45, 7) is 5.95. The molecule has 0 radical (unpaired) electrons. The predicted molar refractivity (Wildman–Crippen MR) is 78.4 cm³/mol. The molecule has 124 valence electrons. The highest BCUT2D eigenvalue weighted by Crippen LogP contribution is 2.31. The standard InChI is InChI=1S/C16H18F2N2O3/c1-15(2,3)12(21)8-20-13(22)16(4,19-14(20)23)10-6-5-9(17)7-11(10)18/h5-7H,8H2,1-4H3,(H,19,23)/t16-/m0/s1. The molecule has 5 nitrogen and oxygen atoms in total. The summed E-state index contributed by atoms with van der Waals surface area (Å²) in [6, 6.07) is 1.98. The van der Waals surface area contributed by atoms with Crippen molar-refractivity contribution in [2.75, 3.05) is 6.54 Å². The van der Waals surface area contributed by atoms with Gasteiger partial charge in [-0.2, -0.15) is 0 Å². The molecule has 1 saturated heterocycles. The fourth-order valence-electron chi connectivity index (χ4n) is 2.30.